The highest BCUT2D eigenvalue weighted by Gasteiger charge is 2.23. The Kier molecular flexibility index (Phi) is 10.00. The second-order valence-electron chi connectivity index (χ2n) is 19.1. The van der Waals surface area contributed by atoms with Gasteiger partial charge in [-0.15, -0.1) is 11.3 Å². The number of hydrogen-bond acceptors (Lipinski definition) is 4. The molecule has 4 heterocycles. The topological polar surface area (TPSA) is 48.5 Å². The van der Waals surface area contributed by atoms with Crippen LogP contribution in [0.3, 0.4) is 0 Å². The highest BCUT2D eigenvalue weighted by Crippen LogP contribution is 2.43. The van der Waals surface area contributed by atoms with E-state index in [1.165, 1.54) is 53.2 Å². The third-order valence-corrected chi connectivity index (χ3v) is 15.9. The third-order valence-electron chi connectivity index (χ3n) is 14.8. The number of rotatable bonds is 8. The number of nitrogens with zero attached hydrogens (tertiary/aromatic N) is 5. The monoisotopic (exact) mass is 973 g/mol. The Morgan fingerprint density at radius 2 is 0.787 bits per heavy atom. The zero-order chi connectivity index (χ0) is 49.4. The van der Waals surface area contributed by atoms with Gasteiger partial charge in [0.15, 0.2) is 17.5 Å². The van der Waals surface area contributed by atoms with Gasteiger partial charge in [0.25, 0.3) is 0 Å². The average Bonchev–Trinajstić information content (AvgIpc) is 4.15. The molecule has 0 unspecified atom stereocenters. The van der Waals surface area contributed by atoms with Crippen LogP contribution in [-0.2, 0) is 0 Å². The summed E-state index contributed by atoms with van der Waals surface area (Å²) in [5, 5.41) is 7.08. The summed E-state index contributed by atoms with van der Waals surface area (Å²) < 4.78 is 7.34. The fourth-order valence-corrected chi connectivity index (χ4v) is 12.5. The fraction of sp³-hybridized carbons (Fsp3) is 0. The molecule has 0 bridgehead atoms. The molecule has 15 aromatic rings. The Morgan fingerprint density at radius 3 is 1.55 bits per heavy atom. The zero-order valence-corrected chi connectivity index (χ0v) is 41.3. The summed E-state index contributed by atoms with van der Waals surface area (Å²) in [5.41, 5.74) is 16.4. The smallest absolute Gasteiger partial charge is 0.164 e. The summed E-state index contributed by atoms with van der Waals surface area (Å²) >= 11 is 1.80. The normalized spacial score (nSPS) is 11.7. The highest BCUT2D eigenvalue weighted by molar-refractivity contribution is 7.25. The van der Waals surface area contributed by atoms with E-state index in [-0.39, 0.29) is 0 Å². The number of hydrogen-bond donors (Lipinski definition) is 0. The summed E-state index contributed by atoms with van der Waals surface area (Å²) in [5.74, 6) is 1.86. The van der Waals surface area contributed by atoms with Crippen molar-refractivity contribution in [1.82, 2.24) is 24.1 Å². The van der Waals surface area contributed by atoms with Gasteiger partial charge in [-0.25, -0.2) is 15.0 Å². The Balaban J connectivity index is 0.931. The quantitative estimate of drug-likeness (QED) is 0.152. The molecule has 350 valence electrons. The van der Waals surface area contributed by atoms with E-state index in [1.54, 1.807) is 11.3 Å². The molecular weight excluding hydrogens is 931 g/mol. The van der Waals surface area contributed by atoms with Crippen LogP contribution in [0.4, 0.5) is 0 Å². The average molecular weight is 974 g/mol. The summed E-state index contributed by atoms with van der Waals surface area (Å²) in [7, 11) is 0. The lowest BCUT2D eigenvalue weighted by molar-refractivity contribution is 1.08. The molecule has 15 rings (SSSR count). The van der Waals surface area contributed by atoms with Crippen LogP contribution in [0.1, 0.15) is 0 Å². The molecule has 0 atom stereocenters. The van der Waals surface area contributed by atoms with Crippen LogP contribution in [0.2, 0.25) is 0 Å². The molecule has 4 aromatic heterocycles. The molecule has 0 saturated carbocycles. The van der Waals surface area contributed by atoms with Crippen molar-refractivity contribution in [3.05, 3.63) is 261 Å². The minimum atomic E-state index is 0.615. The van der Waals surface area contributed by atoms with Gasteiger partial charge in [0, 0.05) is 64.1 Å². The summed E-state index contributed by atoms with van der Waals surface area (Å²) in [6, 6.07) is 93.5. The van der Waals surface area contributed by atoms with E-state index in [1.807, 2.05) is 0 Å². The van der Waals surface area contributed by atoms with Gasteiger partial charge >= 0.3 is 0 Å². The number of fused-ring (bicyclic) bond motifs is 9. The van der Waals surface area contributed by atoms with E-state index in [0.29, 0.717) is 17.5 Å². The maximum Gasteiger partial charge on any atom is 0.164 e. The van der Waals surface area contributed by atoms with E-state index in [9.17, 15) is 0 Å². The highest BCUT2D eigenvalue weighted by atomic mass is 32.1. The lowest BCUT2D eigenvalue weighted by Crippen LogP contribution is -2.01. The van der Waals surface area contributed by atoms with Gasteiger partial charge in [-0.05, 0) is 88.0 Å². The first kappa shape index (κ1) is 42.9. The lowest BCUT2D eigenvalue weighted by atomic mass is 9.98. The second-order valence-corrected chi connectivity index (χ2v) is 20.2. The van der Waals surface area contributed by atoms with Crippen LogP contribution in [0.5, 0.6) is 0 Å². The number of thiophene rings is 1. The van der Waals surface area contributed by atoms with Crippen molar-refractivity contribution < 1.29 is 0 Å². The van der Waals surface area contributed by atoms with Crippen LogP contribution in [0.15, 0.2) is 261 Å². The molecule has 0 aliphatic rings. The molecule has 75 heavy (non-hydrogen) atoms. The largest absolute Gasteiger partial charge is 0.307 e. The minimum Gasteiger partial charge on any atom is -0.307 e. The second kappa shape index (κ2) is 17.5. The summed E-state index contributed by atoms with van der Waals surface area (Å²) in [6.45, 7) is 0. The zero-order valence-electron chi connectivity index (χ0n) is 40.5. The summed E-state index contributed by atoms with van der Waals surface area (Å²) in [4.78, 5) is 16.2. The first-order valence-electron chi connectivity index (χ1n) is 25.3. The number of para-hydroxylation sites is 3. The van der Waals surface area contributed by atoms with Crippen molar-refractivity contribution in [2.24, 2.45) is 0 Å². The predicted molar refractivity (Wildman–Crippen MR) is 314 cm³/mol. The predicted octanol–water partition coefficient (Wildman–Crippen LogP) is 18.4. The maximum atomic E-state index is 5.44. The van der Waals surface area contributed by atoms with Crippen molar-refractivity contribution >= 4 is 75.1 Å². The van der Waals surface area contributed by atoms with Crippen LogP contribution < -0.4 is 0 Å². The van der Waals surface area contributed by atoms with Gasteiger partial charge in [-0.1, -0.05) is 206 Å². The minimum absolute atomic E-state index is 0.615. The molecule has 0 aliphatic carbocycles. The molecule has 0 saturated heterocycles. The van der Waals surface area contributed by atoms with E-state index >= 15 is 0 Å². The number of benzene rings is 11. The molecular formula is C69H43N5S. The molecule has 0 radical (unpaired) electrons. The lowest BCUT2D eigenvalue weighted by Gasteiger charge is -2.15. The molecule has 0 fully saturated rings. The SMILES string of the molecule is c1ccc(-c2cccc(-c3ccc(-c4nc(-c5ccc6c(c5)sc5ccccc56)nc(-c5cccc6c5c5ccccc5n6-c5cccc6c7ccccc7n(-c7cccc(-c8ccccc8)c7)c56)n4)cc3)c2)cc1. The molecule has 0 aliphatic heterocycles. The molecule has 5 nitrogen and oxygen atoms in total. The van der Waals surface area contributed by atoms with Crippen molar-refractivity contribution in [2.45, 2.75) is 0 Å². The summed E-state index contributed by atoms with van der Waals surface area (Å²) in [6.07, 6.45) is 0. The van der Waals surface area contributed by atoms with Crippen molar-refractivity contribution in [3.63, 3.8) is 0 Å². The van der Waals surface area contributed by atoms with Crippen LogP contribution in [-0.4, -0.2) is 24.1 Å². The number of aromatic nitrogens is 5. The van der Waals surface area contributed by atoms with Gasteiger partial charge in [-0.3, -0.25) is 0 Å². The standard InChI is InChI=1S/C69H43N5S/c1-3-17-44(18-4-1)48-21-13-22-49(41-48)46-35-37-47(38-36-46)67-70-68(51-39-40-55-54-26-9-12-34-63(54)75-64(55)43-51)72-69(71-67)58-29-16-32-61-65(58)57-27-8-11-31-60(57)74(61)62-33-15-28-56-53-25-7-10-30-59(53)73(66(56)62)52-24-14-23-50(42-52)45-19-5-2-6-20-45/h1-43H. The van der Waals surface area contributed by atoms with Crippen molar-refractivity contribution in [1.29, 1.82) is 0 Å². The Morgan fingerprint density at radius 1 is 0.280 bits per heavy atom. The first-order chi connectivity index (χ1) is 37.2. The van der Waals surface area contributed by atoms with E-state index in [0.717, 1.165) is 72.0 Å². The molecule has 0 amide bonds. The Hall–Kier alpha value is -9.75. The third kappa shape index (κ3) is 7.18. The Bertz CT molecular complexity index is 4700. The Labute approximate surface area is 436 Å². The van der Waals surface area contributed by atoms with Crippen molar-refractivity contribution in [3.8, 4) is 78.9 Å². The van der Waals surface area contributed by atoms with Gasteiger partial charge in [0.2, 0.25) is 0 Å². The molecule has 6 heteroatoms. The van der Waals surface area contributed by atoms with Gasteiger partial charge < -0.3 is 9.13 Å². The van der Waals surface area contributed by atoms with Gasteiger partial charge in [0.1, 0.15) is 0 Å². The van der Waals surface area contributed by atoms with Gasteiger partial charge in [0.05, 0.1) is 27.8 Å². The van der Waals surface area contributed by atoms with Crippen LogP contribution >= 0.6 is 11.3 Å². The van der Waals surface area contributed by atoms with Crippen molar-refractivity contribution in [2.75, 3.05) is 0 Å². The molecule has 0 spiro atoms. The molecule has 11 aromatic carbocycles. The maximum absolute atomic E-state index is 5.44. The van der Waals surface area contributed by atoms with Crippen LogP contribution in [0.25, 0.3) is 143 Å². The molecule has 0 N–H and O–H groups in total. The van der Waals surface area contributed by atoms with Crippen LogP contribution in [0, 0.1) is 0 Å². The first-order valence-corrected chi connectivity index (χ1v) is 26.2. The fourth-order valence-electron chi connectivity index (χ4n) is 11.3. The van der Waals surface area contributed by atoms with E-state index < -0.39 is 0 Å². The van der Waals surface area contributed by atoms with E-state index in [4.69, 9.17) is 15.0 Å². The van der Waals surface area contributed by atoms with E-state index in [2.05, 4.69) is 270 Å². The van der Waals surface area contributed by atoms with Gasteiger partial charge in [-0.2, -0.15) is 0 Å².